The Hall–Kier alpha value is -0.620. The van der Waals surface area contributed by atoms with Crippen LogP contribution in [0.3, 0.4) is 0 Å². The smallest absolute Gasteiger partial charge is 0.303 e. The van der Waals surface area contributed by atoms with E-state index in [4.69, 9.17) is 5.11 Å². The third-order valence-electron chi connectivity index (χ3n) is 10.1. The van der Waals surface area contributed by atoms with Crippen molar-refractivity contribution < 1.29 is 18.3 Å². The van der Waals surface area contributed by atoms with E-state index in [1.54, 1.807) is 0 Å². The molecule has 0 aliphatic heterocycles. The number of aliphatic carboxylic acids is 1. The lowest BCUT2D eigenvalue weighted by Gasteiger charge is -2.62. The minimum atomic E-state index is -3.23. The van der Waals surface area contributed by atoms with E-state index < -0.39 is 16.0 Å². The summed E-state index contributed by atoms with van der Waals surface area (Å²) in [6.07, 6.45) is 14.3. The number of carboxylic acid groups (broad SMARTS) is 1. The van der Waals surface area contributed by atoms with Crippen molar-refractivity contribution in [1.29, 1.82) is 0 Å². The minimum Gasteiger partial charge on any atom is -0.481 e. The average Bonchev–Trinajstić information content (AvgIpc) is 2.97. The van der Waals surface area contributed by atoms with Gasteiger partial charge < -0.3 is 5.11 Å². The molecular weight excluding hydrogens is 398 g/mol. The van der Waals surface area contributed by atoms with E-state index in [2.05, 4.69) is 18.6 Å². The first-order valence-electron chi connectivity index (χ1n) is 12.2. The number of sulfonamides is 1. The lowest BCUT2D eigenvalue weighted by molar-refractivity contribution is -0.137. The zero-order valence-corrected chi connectivity index (χ0v) is 19.8. The second-order valence-electron chi connectivity index (χ2n) is 11.6. The Morgan fingerprint density at radius 3 is 2.47 bits per heavy atom. The molecule has 0 amide bonds. The van der Waals surface area contributed by atoms with Crippen molar-refractivity contribution in [3.63, 3.8) is 0 Å². The van der Waals surface area contributed by atoms with Crippen molar-refractivity contribution in [3.05, 3.63) is 0 Å². The van der Waals surface area contributed by atoms with Gasteiger partial charge in [-0.15, -0.1) is 0 Å². The van der Waals surface area contributed by atoms with Gasteiger partial charge in [0, 0.05) is 12.5 Å². The highest BCUT2D eigenvalue weighted by Crippen LogP contribution is 2.67. The summed E-state index contributed by atoms with van der Waals surface area (Å²) in [5, 5.41) is 9.05. The summed E-state index contributed by atoms with van der Waals surface area (Å²) in [6.45, 7) is 4.96. The SMILES string of the molecule is C[C@]12CCCCC1C[C@H](NS(C)(=O)=O)C1C2CC[C@@]2(C)C1CC[C@@H]2CCCC(=O)O. The van der Waals surface area contributed by atoms with Gasteiger partial charge in [-0.1, -0.05) is 26.7 Å². The Morgan fingerprint density at radius 2 is 1.77 bits per heavy atom. The zero-order chi connectivity index (χ0) is 21.7. The summed E-state index contributed by atoms with van der Waals surface area (Å²) in [5.74, 6) is 2.14. The maximum atomic E-state index is 12.3. The molecule has 4 saturated carbocycles. The van der Waals surface area contributed by atoms with E-state index in [0.29, 0.717) is 35.0 Å². The Labute approximate surface area is 182 Å². The maximum Gasteiger partial charge on any atom is 0.303 e. The van der Waals surface area contributed by atoms with Crippen LogP contribution in [0, 0.1) is 40.4 Å². The van der Waals surface area contributed by atoms with Crippen LogP contribution in [0.25, 0.3) is 0 Å². The van der Waals surface area contributed by atoms with Crippen LogP contribution in [0.2, 0.25) is 0 Å². The van der Waals surface area contributed by atoms with Crippen molar-refractivity contribution in [2.45, 2.75) is 96.9 Å². The number of carbonyl (C=O) groups is 1. The molecule has 0 bridgehead atoms. The fourth-order valence-corrected chi connectivity index (χ4v) is 9.58. The predicted molar refractivity (Wildman–Crippen MR) is 118 cm³/mol. The monoisotopic (exact) mass is 439 g/mol. The molecule has 4 aliphatic rings. The summed E-state index contributed by atoms with van der Waals surface area (Å²) in [6, 6.07) is 0.0727. The molecule has 30 heavy (non-hydrogen) atoms. The van der Waals surface area contributed by atoms with Crippen LogP contribution < -0.4 is 4.72 Å². The molecule has 4 unspecified atom stereocenters. The number of fused-ring (bicyclic) bond motifs is 5. The highest BCUT2D eigenvalue weighted by atomic mass is 32.2. The highest BCUT2D eigenvalue weighted by molar-refractivity contribution is 7.88. The molecule has 4 rings (SSSR count). The molecular formula is C24H41NO4S. The van der Waals surface area contributed by atoms with Crippen molar-refractivity contribution in [2.75, 3.05) is 6.26 Å². The first kappa shape index (κ1) is 22.6. The minimum absolute atomic E-state index is 0.0727. The Balaban J connectivity index is 1.61. The van der Waals surface area contributed by atoms with Crippen LogP contribution >= 0.6 is 0 Å². The van der Waals surface area contributed by atoms with Gasteiger partial charge in [0.05, 0.1) is 6.26 Å². The van der Waals surface area contributed by atoms with Crippen molar-refractivity contribution >= 4 is 16.0 Å². The molecule has 0 aromatic heterocycles. The molecule has 4 fully saturated rings. The van der Waals surface area contributed by atoms with Gasteiger partial charge >= 0.3 is 5.97 Å². The number of carboxylic acids is 1. The second-order valence-corrected chi connectivity index (χ2v) is 13.4. The van der Waals surface area contributed by atoms with Crippen molar-refractivity contribution in [2.24, 2.45) is 40.4 Å². The van der Waals surface area contributed by atoms with Crippen molar-refractivity contribution in [1.82, 2.24) is 4.72 Å². The quantitative estimate of drug-likeness (QED) is 0.621. The van der Waals surface area contributed by atoms with Gasteiger partial charge in [0.2, 0.25) is 10.0 Å². The van der Waals surface area contributed by atoms with Crippen LogP contribution in [0.5, 0.6) is 0 Å². The van der Waals surface area contributed by atoms with Crippen molar-refractivity contribution in [3.8, 4) is 0 Å². The summed E-state index contributed by atoms with van der Waals surface area (Å²) >= 11 is 0. The Bertz CT molecular complexity index is 767. The maximum absolute atomic E-state index is 12.3. The normalized spacial score (nSPS) is 46.0. The van der Waals surface area contributed by atoms with E-state index in [-0.39, 0.29) is 17.9 Å². The summed E-state index contributed by atoms with van der Waals surface area (Å²) in [4.78, 5) is 11.0. The fraction of sp³-hybridized carbons (Fsp3) is 0.958. The van der Waals surface area contributed by atoms with Gasteiger partial charge in [0.15, 0.2) is 0 Å². The van der Waals surface area contributed by atoms with E-state index in [1.807, 2.05) is 0 Å². The molecule has 0 aromatic rings. The van der Waals surface area contributed by atoms with E-state index in [0.717, 1.165) is 19.3 Å². The van der Waals surface area contributed by atoms with Crippen LogP contribution in [-0.2, 0) is 14.8 Å². The average molecular weight is 440 g/mol. The van der Waals surface area contributed by atoms with Crippen LogP contribution in [0.1, 0.15) is 90.9 Å². The molecule has 6 heteroatoms. The first-order chi connectivity index (χ1) is 14.0. The summed E-state index contributed by atoms with van der Waals surface area (Å²) < 4.78 is 27.7. The summed E-state index contributed by atoms with van der Waals surface area (Å²) in [7, 11) is -3.23. The molecule has 2 N–H and O–H groups in total. The van der Waals surface area contributed by atoms with Gasteiger partial charge in [-0.3, -0.25) is 4.79 Å². The number of nitrogens with one attached hydrogen (secondary N) is 1. The predicted octanol–water partition coefficient (Wildman–Crippen LogP) is 4.82. The molecule has 0 radical (unpaired) electrons. The third kappa shape index (κ3) is 3.96. The van der Waals surface area contributed by atoms with E-state index in [9.17, 15) is 13.2 Å². The van der Waals surface area contributed by atoms with Gasteiger partial charge in [0.25, 0.3) is 0 Å². The van der Waals surface area contributed by atoms with Gasteiger partial charge in [-0.2, -0.15) is 0 Å². The zero-order valence-electron chi connectivity index (χ0n) is 19.0. The number of hydrogen-bond donors (Lipinski definition) is 2. The molecule has 0 saturated heterocycles. The largest absolute Gasteiger partial charge is 0.481 e. The number of hydrogen-bond acceptors (Lipinski definition) is 3. The molecule has 172 valence electrons. The Morgan fingerprint density at radius 1 is 1.03 bits per heavy atom. The van der Waals surface area contributed by atoms with Gasteiger partial charge in [0.1, 0.15) is 0 Å². The van der Waals surface area contributed by atoms with Crippen LogP contribution in [0.15, 0.2) is 0 Å². The highest BCUT2D eigenvalue weighted by Gasteiger charge is 2.62. The van der Waals surface area contributed by atoms with E-state index in [1.165, 1.54) is 57.6 Å². The fourth-order valence-electron chi connectivity index (χ4n) is 8.78. The Kier molecular flexibility index (Phi) is 6.06. The molecule has 0 aromatic carbocycles. The van der Waals surface area contributed by atoms with Crippen LogP contribution in [-0.4, -0.2) is 31.8 Å². The lowest BCUT2D eigenvalue weighted by Crippen LogP contribution is -2.61. The van der Waals surface area contributed by atoms with E-state index >= 15 is 0 Å². The molecule has 5 nitrogen and oxygen atoms in total. The van der Waals surface area contributed by atoms with Gasteiger partial charge in [-0.25, -0.2) is 13.1 Å². The second kappa shape index (κ2) is 8.06. The van der Waals surface area contributed by atoms with Crippen LogP contribution in [0.4, 0.5) is 0 Å². The molecule has 8 atom stereocenters. The first-order valence-corrected chi connectivity index (χ1v) is 14.1. The topological polar surface area (TPSA) is 83.5 Å². The third-order valence-corrected chi connectivity index (χ3v) is 10.9. The molecule has 4 aliphatic carbocycles. The summed E-state index contributed by atoms with van der Waals surface area (Å²) in [5.41, 5.74) is 0.594. The molecule has 0 spiro atoms. The number of rotatable bonds is 6. The lowest BCUT2D eigenvalue weighted by atomic mass is 9.43. The molecule has 0 heterocycles. The van der Waals surface area contributed by atoms with Gasteiger partial charge in [-0.05, 0) is 98.2 Å². The standard InChI is InChI=1S/C24H41NO4S/c1-23-13-5-4-7-17(23)15-20(25-30(3,28)29)22-18-11-10-16(8-6-9-21(26)27)24(18,2)14-12-19(22)23/h16-20,22,25H,4-15H2,1-3H3,(H,26,27)/t16-,17?,18?,19?,20-,22?,23-,24+/m0/s1.